The molecule has 0 aliphatic carbocycles. The van der Waals surface area contributed by atoms with Crippen LogP contribution in [0.2, 0.25) is 0 Å². The average molecular weight is 407 g/mol. The first kappa shape index (κ1) is 19.0. The summed E-state index contributed by atoms with van der Waals surface area (Å²) in [6.07, 6.45) is -0.770. The van der Waals surface area contributed by atoms with Gasteiger partial charge >= 0.3 is 12.1 Å². The van der Waals surface area contributed by atoms with Gasteiger partial charge in [0.2, 0.25) is 0 Å². The summed E-state index contributed by atoms with van der Waals surface area (Å²) < 4.78 is 5.37. The van der Waals surface area contributed by atoms with Crippen LogP contribution >= 0.6 is 11.3 Å². The predicted molar refractivity (Wildman–Crippen MR) is 113 cm³/mol. The van der Waals surface area contributed by atoms with E-state index in [4.69, 9.17) is 4.74 Å². The van der Waals surface area contributed by atoms with Gasteiger partial charge in [-0.15, -0.1) is 11.3 Å². The number of amides is 3. The summed E-state index contributed by atoms with van der Waals surface area (Å²) in [5.41, 5.74) is 1.98. The molecule has 3 aromatic rings. The third kappa shape index (κ3) is 4.57. The third-order valence-electron chi connectivity index (χ3n) is 4.68. The summed E-state index contributed by atoms with van der Waals surface area (Å²) in [7, 11) is 0. The Hall–Kier alpha value is -3.32. The predicted octanol–water partition coefficient (Wildman–Crippen LogP) is 4.16. The molecule has 1 aliphatic rings. The zero-order valence-corrected chi connectivity index (χ0v) is 16.5. The van der Waals surface area contributed by atoms with E-state index < -0.39 is 0 Å². The van der Waals surface area contributed by atoms with E-state index in [0.717, 1.165) is 16.1 Å². The fourth-order valence-electron chi connectivity index (χ4n) is 3.27. The highest BCUT2D eigenvalue weighted by molar-refractivity contribution is 7.14. The molecule has 2 aromatic carbocycles. The molecular formula is C22H21N3O3S. The molecule has 0 saturated carbocycles. The number of nitrogens with zero attached hydrogens (tertiary/aromatic N) is 1. The van der Waals surface area contributed by atoms with Crippen molar-refractivity contribution in [3.63, 3.8) is 0 Å². The van der Waals surface area contributed by atoms with Crippen molar-refractivity contribution in [3.8, 4) is 0 Å². The smallest absolute Gasteiger partial charge is 0.415 e. The Morgan fingerprint density at radius 2 is 1.69 bits per heavy atom. The van der Waals surface area contributed by atoms with Crippen molar-refractivity contribution in [2.24, 2.45) is 0 Å². The number of urea groups is 1. The topological polar surface area (TPSA) is 70.7 Å². The molecule has 2 heterocycles. The molecule has 7 heteroatoms. The van der Waals surface area contributed by atoms with Gasteiger partial charge in [0.1, 0.15) is 11.1 Å². The number of anilines is 1. The van der Waals surface area contributed by atoms with E-state index in [1.54, 1.807) is 4.90 Å². The minimum Gasteiger partial charge on any atom is -0.442 e. The second-order valence-electron chi connectivity index (χ2n) is 6.68. The number of carbonyl (C=O) groups excluding carboxylic acids is 2. The van der Waals surface area contributed by atoms with Crippen LogP contribution in [0, 0.1) is 0 Å². The highest BCUT2D eigenvalue weighted by Gasteiger charge is 2.33. The van der Waals surface area contributed by atoms with Crippen LogP contribution in [0.1, 0.15) is 17.2 Å². The SMILES string of the molecule is O=C(NCC1CN(c2cccs2)C(=O)O1)NC(c1ccccc1)c1ccccc1. The van der Waals surface area contributed by atoms with Crippen LogP contribution in [-0.4, -0.2) is 31.3 Å². The zero-order valence-electron chi connectivity index (χ0n) is 15.7. The molecule has 29 heavy (non-hydrogen) atoms. The summed E-state index contributed by atoms with van der Waals surface area (Å²) in [6, 6.07) is 22.8. The Morgan fingerprint density at radius 1 is 1.03 bits per heavy atom. The quantitative estimate of drug-likeness (QED) is 0.645. The molecule has 2 N–H and O–H groups in total. The zero-order chi connectivity index (χ0) is 20.1. The first-order valence-electron chi connectivity index (χ1n) is 9.36. The van der Waals surface area contributed by atoms with E-state index in [-0.39, 0.29) is 30.8 Å². The fraction of sp³-hybridized carbons (Fsp3) is 0.182. The van der Waals surface area contributed by atoms with Crippen LogP contribution in [-0.2, 0) is 4.74 Å². The Kier molecular flexibility index (Phi) is 5.76. The van der Waals surface area contributed by atoms with Gasteiger partial charge in [0.05, 0.1) is 19.1 Å². The molecule has 3 amide bonds. The number of rotatable bonds is 6. The van der Waals surface area contributed by atoms with Crippen LogP contribution in [0.3, 0.4) is 0 Å². The summed E-state index contributed by atoms with van der Waals surface area (Å²) in [4.78, 5) is 26.2. The van der Waals surface area contributed by atoms with Gasteiger partial charge < -0.3 is 15.4 Å². The van der Waals surface area contributed by atoms with E-state index in [1.165, 1.54) is 11.3 Å². The van der Waals surface area contributed by atoms with Crippen molar-refractivity contribution in [1.29, 1.82) is 0 Å². The molecule has 1 fully saturated rings. The van der Waals surface area contributed by atoms with Crippen LogP contribution in [0.4, 0.5) is 14.6 Å². The van der Waals surface area contributed by atoms with E-state index in [2.05, 4.69) is 10.6 Å². The average Bonchev–Trinajstić information content (AvgIpc) is 3.41. The molecule has 6 nitrogen and oxygen atoms in total. The van der Waals surface area contributed by atoms with Crippen molar-refractivity contribution in [2.75, 3.05) is 18.0 Å². The Bertz CT molecular complexity index is 908. The maximum Gasteiger partial charge on any atom is 0.415 e. The van der Waals surface area contributed by atoms with Crippen molar-refractivity contribution >= 4 is 28.5 Å². The van der Waals surface area contributed by atoms with Gasteiger partial charge in [0, 0.05) is 0 Å². The number of benzene rings is 2. The lowest BCUT2D eigenvalue weighted by Crippen LogP contribution is -2.42. The Morgan fingerprint density at radius 3 is 2.28 bits per heavy atom. The minimum absolute atomic E-state index is 0.246. The first-order valence-corrected chi connectivity index (χ1v) is 10.2. The highest BCUT2D eigenvalue weighted by Crippen LogP contribution is 2.26. The lowest BCUT2D eigenvalue weighted by Gasteiger charge is -2.20. The standard InChI is InChI=1S/C22H21N3O3S/c26-21(23-14-18-15-25(22(27)28-18)19-12-7-13-29-19)24-20(16-8-3-1-4-9-16)17-10-5-2-6-11-17/h1-13,18,20H,14-15H2,(H2,23,24,26). The fourth-order valence-corrected chi connectivity index (χ4v) is 4.00. The summed E-state index contributed by atoms with van der Waals surface area (Å²) >= 11 is 1.48. The largest absolute Gasteiger partial charge is 0.442 e. The number of carbonyl (C=O) groups is 2. The molecule has 1 unspecified atom stereocenters. The van der Waals surface area contributed by atoms with Crippen molar-refractivity contribution in [3.05, 3.63) is 89.3 Å². The van der Waals surface area contributed by atoms with E-state index in [1.807, 2.05) is 78.2 Å². The van der Waals surface area contributed by atoms with Crippen LogP contribution in [0.25, 0.3) is 0 Å². The van der Waals surface area contributed by atoms with Gasteiger partial charge in [-0.3, -0.25) is 4.90 Å². The minimum atomic E-state index is -0.387. The molecular weight excluding hydrogens is 386 g/mol. The maximum absolute atomic E-state index is 12.6. The monoisotopic (exact) mass is 407 g/mol. The van der Waals surface area contributed by atoms with Gasteiger partial charge in [-0.05, 0) is 28.6 Å². The summed E-state index contributed by atoms with van der Waals surface area (Å²) in [5, 5.41) is 8.61. The molecule has 1 aliphatic heterocycles. The summed E-state index contributed by atoms with van der Waals surface area (Å²) in [5.74, 6) is 0. The number of hydrogen-bond acceptors (Lipinski definition) is 4. The number of ether oxygens (including phenoxy) is 1. The molecule has 148 valence electrons. The lowest BCUT2D eigenvalue weighted by atomic mass is 9.99. The van der Waals surface area contributed by atoms with Crippen LogP contribution < -0.4 is 15.5 Å². The van der Waals surface area contributed by atoms with Crippen LogP contribution in [0.5, 0.6) is 0 Å². The van der Waals surface area contributed by atoms with Gasteiger partial charge in [-0.2, -0.15) is 0 Å². The Balaban J connectivity index is 1.37. The van der Waals surface area contributed by atoms with Gasteiger partial charge in [0.25, 0.3) is 0 Å². The lowest BCUT2D eigenvalue weighted by molar-refractivity contribution is 0.140. The van der Waals surface area contributed by atoms with E-state index in [9.17, 15) is 9.59 Å². The molecule has 0 radical (unpaired) electrons. The highest BCUT2D eigenvalue weighted by atomic mass is 32.1. The second kappa shape index (κ2) is 8.79. The molecule has 1 aromatic heterocycles. The number of hydrogen-bond donors (Lipinski definition) is 2. The first-order chi connectivity index (χ1) is 14.2. The van der Waals surface area contributed by atoms with Crippen molar-refractivity contribution in [1.82, 2.24) is 10.6 Å². The van der Waals surface area contributed by atoms with Crippen LogP contribution in [0.15, 0.2) is 78.2 Å². The van der Waals surface area contributed by atoms with E-state index >= 15 is 0 Å². The number of thiophene rings is 1. The van der Waals surface area contributed by atoms with Gasteiger partial charge in [-0.25, -0.2) is 9.59 Å². The second-order valence-corrected chi connectivity index (χ2v) is 7.60. The Labute approximate surface area is 173 Å². The molecule has 4 rings (SSSR count). The van der Waals surface area contributed by atoms with Gasteiger partial charge in [0.15, 0.2) is 0 Å². The number of cyclic esters (lactones) is 1. The van der Waals surface area contributed by atoms with Crippen molar-refractivity contribution in [2.45, 2.75) is 12.1 Å². The number of nitrogens with one attached hydrogen (secondary N) is 2. The van der Waals surface area contributed by atoms with Crippen molar-refractivity contribution < 1.29 is 14.3 Å². The molecule has 0 spiro atoms. The third-order valence-corrected chi connectivity index (χ3v) is 5.57. The maximum atomic E-state index is 12.6. The van der Waals surface area contributed by atoms with E-state index in [0.29, 0.717) is 6.54 Å². The molecule has 1 saturated heterocycles. The molecule has 0 bridgehead atoms. The normalized spacial score (nSPS) is 16.0. The summed E-state index contributed by atoms with van der Waals surface area (Å²) in [6.45, 7) is 0.663. The molecule has 1 atom stereocenters. The van der Waals surface area contributed by atoms with Gasteiger partial charge in [-0.1, -0.05) is 60.7 Å².